The van der Waals surface area contributed by atoms with E-state index in [1.807, 2.05) is 21.0 Å². The van der Waals surface area contributed by atoms with Gasteiger partial charge in [0.05, 0.1) is 40.4 Å². The number of benzene rings is 2. The summed E-state index contributed by atoms with van der Waals surface area (Å²) in [5.41, 5.74) is 0.581. The van der Waals surface area contributed by atoms with Crippen LogP contribution in [-0.2, 0) is 9.59 Å². The molecule has 2 aromatic rings. The number of nitrogens with zero attached hydrogens (tertiary/aromatic N) is 1. The van der Waals surface area contributed by atoms with E-state index in [-0.39, 0.29) is 11.1 Å². The van der Waals surface area contributed by atoms with Gasteiger partial charge in [0.25, 0.3) is 5.91 Å². The number of likely N-dealkylation sites (tertiary alicyclic amines) is 1. The van der Waals surface area contributed by atoms with Gasteiger partial charge in [0.1, 0.15) is 5.82 Å². The van der Waals surface area contributed by atoms with Gasteiger partial charge >= 0.3 is 0 Å². The maximum Gasteiger partial charge on any atom is 0.295 e. The van der Waals surface area contributed by atoms with E-state index in [0.717, 1.165) is 25.1 Å². The van der Waals surface area contributed by atoms with E-state index in [1.54, 1.807) is 18.2 Å². The molecule has 34 heavy (non-hydrogen) atoms. The van der Waals surface area contributed by atoms with Gasteiger partial charge in [-0.1, -0.05) is 30.9 Å². The quantitative estimate of drug-likeness (QED) is 0.322. The van der Waals surface area contributed by atoms with E-state index in [0.29, 0.717) is 36.6 Å². The van der Waals surface area contributed by atoms with Crippen molar-refractivity contribution in [2.45, 2.75) is 25.8 Å². The van der Waals surface area contributed by atoms with Crippen molar-refractivity contribution in [3.63, 3.8) is 0 Å². The zero-order chi connectivity index (χ0) is 24.8. The highest BCUT2D eigenvalue weighted by Gasteiger charge is 2.44. The lowest BCUT2D eigenvalue weighted by molar-refractivity contribution is -0.858. The molecule has 1 heterocycles. The first-order valence-electron chi connectivity index (χ1n) is 11.4. The molecule has 1 aliphatic rings. The first kappa shape index (κ1) is 25.2. The van der Waals surface area contributed by atoms with Gasteiger partial charge in [-0.2, -0.15) is 0 Å². The van der Waals surface area contributed by atoms with Crippen LogP contribution in [0.2, 0.25) is 0 Å². The van der Waals surface area contributed by atoms with Crippen molar-refractivity contribution in [3.05, 3.63) is 65.0 Å². The zero-order valence-electron chi connectivity index (χ0n) is 20.0. The van der Waals surface area contributed by atoms with Gasteiger partial charge in [-0.15, -0.1) is 0 Å². The molecule has 1 amide bonds. The number of Topliss-reactive ketones (excluding diaryl/α,β-unsaturated/α-hetero) is 1. The fraction of sp³-hybridized carbons (Fsp3) is 0.385. The summed E-state index contributed by atoms with van der Waals surface area (Å²) in [4.78, 5) is 28.7. The van der Waals surface area contributed by atoms with Crippen LogP contribution in [0.4, 0.5) is 4.39 Å². The van der Waals surface area contributed by atoms with Crippen molar-refractivity contribution < 1.29 is 33.5 Å². The lowest BCUT2D eigenvalue weighted by atomic mass is 9.95. The molecule has 1 aliphatic heterocycles. The van der Waals surface area contributed by atoms with E-state index >= 15 is 0 Å². The molecule has 0 aromatic heterocycles. The Morgan fingerprint density at radius 1 is 1.12 bits per heavy atom. The molecule has 1 saturated heterocycles. The van der Waals surface area contributed by atoms with Crippen LogP contribution in [0.1, 0.15) is 36.9 Å². The second-order valence-corrected chi connectivity index (χ2v) is 8.55. The molecule has 3 rings (SSSR count). The third kappa shape index (κ3) is 5.39. The van der Waals surface area contributed by atoms with Crippen molar-refractivity contribution in [2.75, 3.05) is 40.9 Å². The average Bonchev–Trinajstić information content (AvgIpc) is 3.07. The van der Waals surface area contributed by atoms with E-state index in [9.17, 15) is 19.1 Å². The number of carbonyl (C=O) groups excluding carboxylic acids is 2. The lowest BCUT2D eigenvalue weighted by Gasteiger charge is -2.28. The number of ketones is 1. The predicted octanol–water partition coefficient (Wildman–Crippen LogP) is 1.38. The van der Waals surface area contributed by atoms with Crippen molar-refractivity contribution in [1.29, 1.82) is 0 Å². The maximum atomic E-state index is 13.4. The van der Waals surface area contributed by atoms with Crippen molar-refractivity contribution in [3.8, 4) is 11.5 Å². The number of halogens is 1. The number of amides is 1. The summed E-state index contributed by atoms with van der Waals surface area (Å²) >= 11 is 0. The van der Waals surface area contributed by atoms with Gasteiger partial charge in [0.2, 0.25) is 5.78 Å². The molecule has 1 N–H and O–H groups in total. The number of rotatable bonds is 10. The molecule has 0 bridgehead atoms. The average molecular weight is 471 g/mol. The molecule has 0 saturated carbocycles. The molecule has 182 valence electrons. The highest BCUT2D eigenvalue weighted by Crippen LogP contribution is 2.41. The Morgan fingerprint density at radius 2 is 1.82 bits per heavy atom. The fourth-order valence-corrected chi connectivity index (χ4v) is 3.99. The number of hydrogen-bond donors (Lipinski definition) is 1. The molecule has 1 atom stereocenters. The number of hydrogen-bond acceptors (Lipinski definition) is 5. The first-order valence-corrected chi connectivity index (χ1v) is 11.4. The van der Waals surface area contributed by atoms with Gasteiger partial charge in [0, 0.05) is 18.5 Å². The topological polar surface area (TPSA) is 83.3 Å². The molecular weight excluding hydrogens is 439 g/mol. The zero-order valence-corrected chi connectivity index (χ0v) is 20.0. The summed E-state index contributed by atoms with van der Waals surface area (Å²) in [7, 11) is 5.52. The summed E-state index contributed by atoms with van der Waals surface area (Å²) < 4.78 is 24.6. The van der Waals surface area contributed by atoms with Gasteiger partial charge in [-0.05, 0) is 41.8 Å². The largest absolute Gasteiger partial charge is 0.872 e. The molecule has 8 heteroatoms. The van der Waals surface area contributed by atoms with Crippen molar-refractivity contribution >= 4 is 17.4 Å². The minimum atomic E-state index is -0.871. The molecular formula is C26H31FN2O5. The van der Waals surface area contributed by atoms with E-state index in [4.69, 9.17) is 9.47 Å². The Balaban J connectivity index is 2.10. The number of carbonyl (C=O) groups is 2. The van der Waals surface area contributed by atoms with Crippen LogP contribution in [0.5, 0.6) is 11.5 Å². The molecule has 0 spiro atoms. The summed E-state index contributed by atoms with van der Waals surface area (Å²) in [5, 5.41) is 13.4. The van der Waals surface area contributed by atoms with Gasteiger partial charge in [0.15, 0.2) is 11.5 Å². The Labute approximate surface area is 199 Å². The normalized spacial score (nSPS) is 17.5. The maximum absolute atomic E-state index is 13.4. The van der Waals surface area contributed by atoms with Gasteiger partial charge in [-0.3, -0.25) is 9.59 Å². The van der Waals surface area contributed by atoms with Crippen LogP contribution in [0.15, 0.2) is 48.0 Å². The van der Waals surface area contributed by atoms with Crippen molar-refractivity contribution in [2.24, 2.45) is 0 Å². The van der Waals surface area contributed by atoms with E-state index in [2.05, 4.69) is 0 Å². The molecule has 7 nitrogen and oxygen atoms in total. The molecule has 0 aliphatic carbocycles. The van der Waals surface area contributed by atoms with Crippen LogP contribution in [0, 0.1) is 5.82 Å². The number of ether oxygens (including phenoxy) is 2. The highest BCUT2D eigenvalue weighted by molar-refractivity contribution is 6.46. The third-order valence-corrected chi connectivity index (χ3v) is 5.68. The molecule has 2 aromatic carbocycles. The minimum absolute atomic E-state index is 0.141. The summed E-state index contributed by atoms with van der Waals surface area (Å²) in [5.74, 6) is -1.64. The predicted molar refractivity (Wildman–Crippen MR) is 124 cm³/mol. The number of nitrogens with one attached hydrogen (secondary N) is 1. The van der Waals surface area contributed by atoms with E-state index < -0.39 is 29.3 Å². The standard InChI is InChI=1S/C26H31FN2O5/c1-5-15-34-20-12-9-18(16-21(20)33-4)23-22(24(30)17-7-10-19(27)11-8-17)25(31)26(32)29(23)14-6-13-28(2)3/h7-12,16,23,30H,5-6,13-15H2,1-4H3. The third-order valence-electron chi connectivity index (χ3n) is 5.68. The second-order valence-electron chi connectivity index (χ2n) is 8.55. The lowest BCUT2D eigenvalue weighted by Crippen LogP contribution is -3.05. The summed E-state index contributed by atoms with van der Waals surface area (Å²) in [6, 6.07) is 9.24. The minimum Gasteiger partial charge on any atom is -0.872 e. The Hall–Kier alpha value is -3.39. The molecule has 1 unspecified atom stereocenters. The van der Waals surface area contributed by atoms with Crippen LogP contribution < -0.4 is 19.5 Å². The van der Waals surface area contributed by atoms with Gasteiger partial charge in [-0.25, -0.2) is 4.39 Å². The SMILES string of the molecule is CCCOc1ccc(C2C(=C([O-])c3ccc(F)cc3)C(=O)C(=O)N2CCC[NH+](C)C)cc1OC. The van der Waals surface area contributed by atoms with Crippen LogP contribution in [0.25, 0.3) is 5.76 Å². The number of methoxy groups -OCH3 is 1. The molecule has 0 radical (unpaired) electrons. The van der Waals surface area contributed by atoms with Gasteiger partial charge < -0.3 is 24.4 Å². The number of quaternary nitrogens is 1. The van der Waals surface area contributed by atoms with Crippen molar-refractivity contribution in [1.82, 2.24) is 4.90 Å². The Kier molecular flexibility index (Phi) is 8.28. The monoisotopic (exact) mass is 470 g/mol. The smallest absolute Gasteiger partial charge is 0.295 e. The van der Waals surface area contributed by atoms with Crippen LogP contribution >= 0.6 is 0 Å². The Bertz CT molecular complexity index is 1070. The molecule has 1 fully saturated rings. The first-order chi connectivity index (χ1) is 16.3. The Morgan fingerprint density at radius 3 is 2.44 bits per heavy atom. The summed E-state index contributed by atoms with van der Waals surface area (Å²) in [6.07, 6.45) is 1.48. The van der Waals surface area contributed by atoms with Crippen LogP contribution in [-0.4, -0.2) is 57.5 Å². The summed E-state index contributed by atoms with van der Waals surface area (Å²) in [6.45, 7) is 3.61. The fourth-order valence-electron chi connectivity index (χ4n) is 3.99. The van der Waals surface area contributed by atoms with E-state index in [1.165, 1.54) is 29.0 Å². The van der Waals surface area contributed by atoms with Crippen LogP contribution in [0.3, 0.4) is 0 Å². The highest BCUT2D eigenvalue weighted by atomic mass is 19.1. The second kappa shape index (κ2) is 11.2.